The zero-order chi connectivity index (χ0) is 29.9. The molecule has 0 radical (unpaired) electrons. The average Bonchev–Trinajstić information content (AvgIpc) is 2.91. The summed E-state index contributed by atoms with van der Waals surface area (Å²) in [7, 11) is 0. The molecule has 0 aliphatic carbocycles. The molecule has 2 atom stereocenters. The number of carbonyl (C=O) groups excluding carboxylic acids is 2. The Bertz CT molecular complexity index is 1310. The molecule has 3 aromatic rings. The van der Waals surface area contributed by atoms with E-state index in [-0.39, 0.29) is 24.6 Å². The van der Waals surface area contributed by atoms with Crippen molar-refractivity contribution in [2.45, 2.75) is 58.7 Å². The van der Waals surface area contributed by atoms with E-state index in [1.165, 1.54) is 12.1 Å². The lowest BCUT2D eigenvalue weighted by Gasteiger charge is -2.25. The predicted molar refractivity (Wildman–Crippen MR) is 168 cm³/mol. The molecule has 2 amide bonds. The summed E-state index contributed by atoms with van der Waals surface area (Å²) in [5.41, 5.74) is 2.98. The van der Waals surface area contributed by atoms with Gasteiger partial charge in [-0.15, -0.1) is 0 Å². The first-order valence-electron chi connectivity index (χ1n) is 13.9. The Balaban J connectivity index is 1.81. The largest absolute Gasteiger partial charge is 0.508 e. The number of hydrogen-bond acceptors (Lipinski definition) is 5. The van der Waals surface area contributed by atoms with Crippen molar-refractivity contribution in [3.8, 4) is 5.75 Å². The van der Waals surface area contributed by atoms with Crippen LogP contribution in [0.25, 0.3) is 0 Å². The monoisotopic (exact) mass is 675 g/mol. The zero-order valence-electron chi connectivity index (χ0n) is 23.8. The van der Waals surface area contributed by atoms with Crippen LogP contribution < -0.4 is 10.6 Å². The van der Waals surface area contributed by atoms with Gasteiger partial charge in [0.1, 0.15) is 11.6 Å². The molecule has 41 heavy (non-hydrogen) atoms. The maximum absolute atomic E-state index is 14.0. The lowest BCUT2D eigenvalue weighted by atomic mass is 9.99. The van der Waals surface area contributed by atoms with Crippen LogP contribution in [0, 0.1) is 16.3 Å². The fourth-order valence-electron chi connectivity index (χ4n) is 4.77. The van der Waals surface area contributed by atoms with Crippen molar-refractivity contribution in [1.82, 2.24) is 15.5 Å². The van der Waals surface area contributed by atoms with Crippen molar-refractivity contribution < 1.29 is 24.2 Å². The standard InChI is InChI=1S/C32H39FIN3O4/c1-4-9-37(10-5-2)32(41)25-12-21(3)11-24(17-25)31(40)36-29(16-23-13-26(33)18-28(38)15-23)30(39)20-35-19-22-7-6-8-27(34)14-22/h6-8,11-15,17-18,29-30,35,38-39H,4-5,9-10,16,19-20H2,1-3H3,(H,36,40)/t29-,30+/m0/s1. The number of hydrogen-bond donors (Lipinski definition) is 4. The molecule has 0 bridgehead atoms. The van der Waals surface area contributed by atoms with Gasteiger partial charge < -0.3 is 25.7 Å². The number of phenols is 1. The SMILES string of the molecule is CCCN(CCC)C(=O)c1cc(C)cc(C(=O)N[C@@H](Cc2cc(O)cc(F)c2)[C@H](O)CNCc2cccc(I)c2)c1. The number of carbonyl (C=O) groups is 2. The highest BCUT2D eigenvalue weighted by Crippen LogP contribution is 2.18. The number of aliphatic hydroxyl groups is 1. The third-order valence-electron chi connectivity index (χ3n) is 6.61. The van der Waals surface area contributed by atoms with Gasteiger partial charge in [0.25, 0.3) is 11.8 Å². The summed E-state index contributed by atoms with van der Waals surface area (Å²) in [6.45, 7) is 7.81. The minimum Gasteiger partial charge on any atom is -0.508 e. The third kappa shape index (κ3) is 10.1. The summed E-state index contributed by atoms with van der Waals surface area (Å²) >= 11 is 2.24. The Morgan fingerprint density at radius 3 is 2.34 bits per heavy atom. The van der Waals surface area contributed by atoms with Crippen LogP contribution in [0.3, 0.4) is 0 Å². The highest BCUT2D eigenvalue weighted by atomic mass is 127. The van der Waals surface area contributed by atoms with Crippen molar-refractivity contribution in [2.75, 3.05) is 19.6 Å². The Labute approximate surface area is 255 Å². The number of amides is 2. The molecule has 220 valence electrons. The molecular formula is C32H39FIN3O4. The van der Waals surface area contributed by atoms with Crippen molar-refractivity contribution in [1.29, 1.82) is 0 Å². The van der Waals surface area contributed by atoms with Gasteiger partial charge in [-0.2, -0.15) is 0 Å². The molecule has 0 unspecified atom stereocenters. The molecule has 0 heterocycles. The van der Waals surface area contributed by atoms with Crippen LogP contribution in [0.1, 0.15) is 64.1 Å². The zero-order valence-corrected chi connectivity index (χ0v) is 25.9. The van der Waals surface area contributed by atoms with Crippen LogP contribution in [0.15, 0.2) is 60.7 Å². The first-order valence-corrected chi connectivity index (χ1v) is 15.0. The molecule has 3 rings (SSSR count). The van der Waals surface area contributed by atoms with E-state index in [0.29, 0.717) is 36.3 Å². The lowest BCUT2D eigenvalue weighted by Crippen LogP contribution is -2.48. The highest BCUT2D eigenvalue weighted by molar-refractivity contribution is 14.1. The molecule has 0 saturated carbocycles. The Hall–Kier alpha value is -3.02. The maximum atomic E-state index is 14.0. The first-order chi connectivity index (χ1) is 19.6. The Kier molecular flexibility index (Phi) is 12.6. The predicted octanol–water partition coefficient (Wildman–Crippen LogP) is 5.20. The number of nitrogens with one attached hydrogen (secondary N) is 2. The van der Waals surface area contributed by atoms with E-state index in [0.717, 1.165) is 33.6 Å². The molecule has 0 fully saturated rings. The van der Waals surface area contributed by atoms with E-state index in [1.807, 2.05) is 45.0 Å². The van der Waals surface area contributed by atoms with E-state index in [9.17, 15) is 24.2 Å². The van der Waals surface area contributed by atoms with Gasteiger partial charge in [0, 0.05) is 46.9 Å². The molecule has 0 aliphatic rings. The van der Waals surface area contributed by atoms with Crippen molar-refractivity contribution in [2.24, 2.45) is 0 Å². The highest BCUT2D eigenvalue weighted by Gasteiger charge is 2.24. The molecule has 0 saturated heterocycles. The maximum Gasteiger partial charge on any atom is 0.253 e. The summed E-state index contributed by atoms with van der Waals surface area (Å²) in [5.74, 6) is -1.43. The molecule has 3 aromatic carbocycles. The summed E-state index contributed by atoms with van der Waals surface area (Å²) < 4.78 is 15.1. The van der Waals surface area contributed by atoms with Gasteiger partial charge in [-0.1, -0.05) is 26.0 Å². The minimum atomic E-state index is -1.03. The number of aromatic hydroxyl groups is 1. The number of aliphatic hydroxyl groups excluding tert-OH is 1. The van der Waals surface area contributed by atoms with Gasteiger partial charge in [0.15, 0.2) is 0 Å². The summed E-state index contributed by atoms with van der Waals surface area (Å²) in [4.78, 5) is 28.5. The van der Waals surface area contributed by atoms with Crippen LogP contribution in [-0.2, 0) is 13.0 Å². The van der Waals surface area contributed by atoms with Crippen LogP contribution in [0.5, 0.6) is 5.75 Å². The molecule has 0 aliphatic heterocycles. The summed E-state index contributed by atoms with van der Waals surface area (Å²) in [6.07, 6.45) is 0.722. The smallest absolute Gasteiger partial charge is 0.253 e. The van der Waals surface area contributed by atoms with Crippen LogP contribution in [0.4, 0.5) is 4.39 Å². The van der Waals surface area contributed by atoms with Crippen molar-refractivity contribution >= 4 is 34.4 Å². The molecule has 4 N–H and O–H groups in total. The number of rotatable bonds is 14. The van der Waals surface area contributed by atoms with E-state index in [2.05, 4.69) is 33.2 Å². The van der Waals surface area contributed by atoms with Gasteiger partial charge in [0.05, 0.1) is 12.1 Å². The van der Waals surface area contributed by atoms with E-state index < -0.39 is 23.9 Å². The number of aryl methyl sites for hydroxylation is 1. The Morgan fingerprint density at radius 2 is 1.68 bits per heavy atom. The third-order valence-corrected chi connectivity index (χ3v) is 7.28. The minimum absolute atomic E-state index is 0.0848. The van der Waals surface area contributed by atoms with E-state index >= 15 is 0 Å². The lowest BCUT2D eigenvalue weighted by molar-refractivity contribution is 0.0755. The summed E-state index contributed by atoms with van der Waals surface area (Å²) in [5, 5.41) is 27.1. The number of nitrogens with zero attached hydrogens (tertiary/aromatic N) is 1. The van der Waals surface area contributed by atoms with Gasteiger partial charge in [-0.25, -0.2) is 4.39 Å². The quantitative estimate of drug-likeness (QED) is 0.176. The van der Waals surface area contributed by atoms with Crippen molar-refractivity contribution in [3.05, 3.63) is 97.9 Å². The number of halogens is 2. The van der Waals surface area contributed by atoms with E-state index in [1.54, 1.807) is 23.1 Å². The van der Waals surface area contributed by atoms with Crippen LogP contribution in [0.2, 0.25) is 0 Å². The van der Waals surface area contributed by atoms with Crippen molar-refractivity contribution in [3.63, 3.8) is 0 Å². The fraction of sp³-hybridized carbons (Fsp3) is 0.375. The first kappa shape index (κ1) is 32.5. The van der Waals surface area contributed by atoms with Gasteiger partial charge in [-0.3, -0.25) is 9.59 Å². The normalized spacial score (nSPS) is 12.5. The number of benzene rings is 3. The molecule has 9 heteroatoms. The van der Waals surface area contributed by atoms with E-state index in [4.69, 9.17) is 0 Å². The molecule has 0 spiro atoms. The second-order valence-corrected chi connectivity index (χ2v) is 11.6. The second kappa shape index (κ2) is 15.8. The average molecular weight is 676 g/mol. The van der Waals surface area contributed by atoms with Gasteiger partial charge >= 0.3 is 0 Å². The molecule has 7 nitrogen and oxygen atoms in total. The summed E-state index contributed by atoms with van der Waals surface area (Å²) in [6, 6.07) is 15.9. The second-order valence-electron chi connectivity index (χ2n) is 10.3. The number of phenolic OH excluding ortho intramolecular Hbond substituents is 1. The molecule has 0 aromatic heterocycles. The fourth-order valence-corrected chi connectivity index (χ4v) is 5.38. The van der Waals surface area contributed by atoms with Crippen LogP contribution >= 0.6 is 22.6 Å². The van der Waals surface area contributed by atoms with Gasteiger partial charge in [0.2, 0.25) is 0 Å². The van der Waals surface area contributed by atoms with Gasteiger partial charge in [-0.05, 0) is 108 Å². The molecular weight excluding hydrogens is 636 g/mol. The van der Waals surface area contributed by atoms with Crippen LogP contribution in [-0.4, -0.2) is 58.7 Å². The topological polar surface area (TPSA) is 102 Å². The Morgan fingerprint density at radius 1 is 0.976 bits per heavy atom.